The molecule has 1 aliphatic heterocycles. The predicted octanol–water partition coefficient (Wildman–Crippen LogP) is 4.74. The molecule has 1 unspecified atom stereocenters. The molecule has 1 saturated heterocycles. The van der Waals surface area contributed by atoms with Crippen LogP contribution in [0, 0.1) is 40.6 Å². The van der Waals surface area contributed by atoms with Crippen LogP contribution < -0.4 is 0 Å². The van der Waals surface area contributed by atoms with E-state index in [9.17, 15) is 18.3 Å². The van der Waals surface area contributed by atoms with Crippen LogP contribution >= 0.6 is 0 Å². The minimum Gasteiger partial charge on any atom is -0.383 e. The highest BCUT2D eigenvalue weighted by atomic mass is 19.1. The Morgan fingerprint density at radius 1 is 1.16 bits per heavy atom. The maximum absolute atomic E-state index is 14.7. The minimum atomic E-state index is -1.69. The van der Waals surface area contributed by atoms with Gasteiger partial charge in [-0.2, -0.15) is 10.4 Å². The van der Waals surface area contributed by atoms with Gasteiger partial charge in [0.1, 0.15) is 35.7 Å². The monoisotopic (exact) mass is 524 g/mol. The number of ether oxygens (including phenoxy) is 2. The van der Waals surface area contributed by atoms with Crippen LogP contribution in [0.4, 0.5) is 13.2 Å². The van der Waals surface area contributed by atoms with Gasteiger partial charge in [-0.1, -0.05) is 37.3 Å². The second kappa shape index (κ2) is 12.2. The average molecular weight is 525 g/mol. The van der Waals surface area contributed by atoms with Gasteiger partial charge in [-0.05, 0) is 36.6 Å². The number of nitriles is 1. The van der Waals surface area contributed by atoms with E-state index in [4.69, 9.17) is 14.7 Å². The van der Waals surface area contributed by atoms with Crippen molar-refractivity contribution in [3.05, 3.63) is 101 Å². The molecule has 2 heterocycles. The molecule has 0 radical (unpaired) electrons. The highest BCUT2D eigenvalue weighted by molar-refractivity contribution is 5.53. The molecule has 0 bridgehead atoms. The maximum atomic E-state index is 14.7. The van der Waals surface area contributed by atoms with Crippen LogP contribution in [-0.2, 0) is 21.6 Å². The summed E-state index contributed by atoms with van der Waals surface area (Å²) >= 11 is 0. The number of aromatic nitrogens is 3. The summed E-state index contributed by atoms with van der Waals surface area (Å²) in [7, 11) is 0. The first-order valence-electron chi connectivity index (χ1n) is 12.1. The van der Waals surface area contributed by atoms with Crippen LogP contribution in [0.3, 0.4) is 0 Å². The average Bonchev–Trinajstić information content (AvgIpc) is 3.40. The molecule has 0 spiro atoms. The second-order valence-corrected chi connectivity index (χ2v) is 9.27. The summed E-state index contributed by atoms with van der Waals surface area (Å²) in [5.41, 5.74) is -1.11. The Labute approximate surface area is 218 Å². The van der Waals surface area contributed by atoms with Crippen LogP contribution in [0.1, 0.15) is 30.0 Å². The lowest BCUT2D eigenvalue weighted by molar-refractivity contribution is -0.181. The second-order valence-electron chi connectivity index (χ2n) is 9.27. The van der Waals surface area contributed by atoms with Crippen molar-refractivity contribution in [1.82, 2.24) is 14.8 Å². The zero-order valence-corrected chi connectivity index (χ0v) is 20.7. The number of halogens is 3. The fraction of sp³-hybridized carbons (Fsp3) is 0.321. The summed E-state index contributed by atoms with van der Waals surface area (Å²) in [5, 5.41) is 24.5. The van der Waals surface area contributed by atoms with Crippen molar-refractivity contribution in [2.45, 2.75) is 31.8 Å². The molecule has 38 heavy (non-hydrogen) atoms. The van der Waals surface area contributed by atoms with Crippen LogP contribution in [0.25, 0.3) is 6.08 Å². The Morgan fingerprint density at radius 2 is 1.95 bits per heavy atom. The first-order chi connectivity index (χ1) is 18.3. The first-order valence-corrected chi connectivity index (χ1v) is 12.1. The van der Waals surface area contributed by atoms with Gasteiger partial charge in [0.2, 0.25) is 0 Å². The zero-order valence-electron chi connectivity index (χ0n) is 20.7. The lowest BCUT2D eigenvalue weighted by atomic mass is 9.77. The number of hydrogen-bond donors (Lipinski definition) is 1. The molecule has 0 aliphatic carbocycles. The van der Waals surface area contributed by atoms with E-state index in [0.29, 0.717) is 25.2 Å². The lowest BCUT2D eigenvalue weighted by Crippen LogP contribution is -2.42. The fourth-order valence-corrected chi connectivity index (χ4v) is 4.45. The third kappa shape index (κ3) is 6.55. The predicted molar refractivity (Wildman–Crippen MR) is 133 cm³/mol. The molecule has 10 heteroatoms. The number of rotatable bonds is 9. The van der Waals surface area contributed by atoms with E-state index in [1.165, 1.54) is 35.5 Å². The summed E-state index contributed by atoms with van der Waals surface area (Å²) in [6.45, 7) is 2.42. The van der Waals surface area contributed by atoms with Crippen molar-refractivity contribution in [1.29, 1.82) is 5.26 Å². The summed E-state index contributed by atoms with van der Waals surface area (Å²) in [5.74, 6) is -2.60. The highest BCUT2D eigenvalue weighted by Gasteiger charge is 2.40. The van der Waals surface area contributed by atoms with E-state index in [2.05, 4.69) is 10.1 Å². The fourth-order valence-electron chi connectivity index (χ4n) is 4.45. The lowest BCUT2D eigenvalue weighted by Gasteiger charge is -2.38. The summed E-state index contributed by atoms with van der Waals surface area (Å²) in [6, 6.07) is 9.26. The van der Waals surface area contributed by atoms with E-state index in [0.717, 1.165) is 12.1 Å². The minimum absolute atomic E-state index is 0.0224. The Balaban J connectivity index is 1.36. The highest BCUT2D eigenvalue weighted by Crippen LogP contribution is 2.37. The normalized spacial score (nSPS) is 20.4. The first kappa shape index (κ1) is 27.3. The van der Waals surface area contributed by atoms with E-state index in [1.54, 1.807) is 37.3 Å². The van der Waals surface area contributed by atoms with Crippen LogP contribution in [0.5, 0.6) is 0 Å². The summed E-state index contributed by atoms with van der Waals surface area (Å²) < 4.78 is 55.2. The number of hydrogen-bond acceptors (Lipinski definition) is 6. The Kier molecular flexibility index (Phi) is 8.73. The Bertz CT molecular complexity index is 1330. The van der Waals surface area contributed by atoms with Gasteiger partial charge in [0, 0.05) is 23.1 Å². The molecule has 4 rings (SSSR count). The molecule has 0 saturated carbocycles. The number of aliphatic hydroxyl groups is 1. The molecule has 1 aliphatic rings. The van der Waals surface area contributed by atoms with Crippen molar-refractivity contribution < 1.29 is 27.8 Å². The Hall–Kier alpha value is -3.78. The molecule has 1 fully saturated rings. The van der Waals surface area contributed by atoms with E-state index in [1.807, 2.05) is 6.07 Å². The van der Waals surface area contributed by atoms with Crippen molar-refractivity contribution in [3.63, 3.8) is 0 Å². The molecular weight excluding hydrogens is 497 g/mol. The van der Waals surface area contributed by atoms with Gasteiger partial charge in [0.15, 0.2) is 6.29 Å². The molecule has 7 nitrogen and oxygen atoms in total. The van der Waals surface area contributed by atoms with Gasteiger partial charge in [-0.25, -0.2) is 22.8 Å². The van der Waals surface area contributed by atoms with Gasteiger partial charge in [0.05, 0.1) is 31.4 Å². The molecule has 3 aromatic rings. The van der Waals surface area contributed by atoms with Gasteiger partial charge in [-0.15, -0.1) is 0 Å². The zero-order chi connectivity index (χ0) is 27.1. The molecule has 198 valence electrons. The number of nitrogens with zero attached hydrogens (tertiary/aromatic N) is 4. The largest absolute Gasteiger partial charge is 0.383 e. The van der Waals surface area contributed by atoms with Gasteiger partial charge in [-0.3, -0.25) is 0 Å². The van der Waals surface area contributed by atoms with E-state index < -0.39 is 35.3 Å². The van der Waals surface area contributed by atoms with Crippen molar-refractivity contribution >= 4 is 6.08 Å². The molecule has 0 amide bonds. The van der Waals surface area contributed by atoms with Gasteiger partial charge >= 0.3 is 0 Å². The van der Waals surface area contributed by atoms with Gasteiger partial charge < -0.3 is 14.6 Å². The van der Waals surface area contributed by atoms with E-state index in [-0.39, 0.29) is 23.6 Å². The molecule has 2 aromatic carbocycles. The topological polar surface area (TPSA) is 93.2 Å². The van der Waals surface area contributed by atoms with Crippen molar-refractivity contribution in [2.75, 3.05) is 13.2 Å². The van der Waals surface area contributed by atoms with Crippen molar-refractivity contribution in [2.24, 2.45) is 11.8 Å². The van der Waals surface area contributed by atoms with Crippen molar-refractivity contribution in [3.8, 4) is 6.07 Å². The summed E-state index contributed by atoms with van der Waals surface area (Å²) in [4.78, 5) is 3.88. The third-order valence-electron chi connectivity index (χ3n) is 6.55. The van der Waals surface area contributed by atoms with Crippen LogP contribution in [0.15, 0.2) is 67.3 Å². The molecule has 1 N–H and O–H groups in total. The maximum Gasteiger partial charge on any atom is 0.177 e. The Morgan fingerprint density at radius 3 is 2.61 bits per heavy atom. The third-order valence-corrected chi connectivity index (χ3v) is 6.55. The molecule has 1 aromatic heterocycles. The number of benzene rings is 2. The van der Waals surface area contributed by atoms with E-state index >= 15 is 0 Å². The van der Waals surface area contributed by atoms with Crippen LogP contribution in [0.2, 0.25) is 0 Å². The molecular formula is C28H27F3N4O3. The quantitative estimate of drug-likeness (QED) is 0.407. The van der Waals surface area contributed by atoms with Crippen LogP contribution in [-0.4, -0.2) is 39.4 Å². The summed E-state index contributed by atoms with van der Waals surface area (Å²) in [6.07, 6.45) is 9.17. The smallest absolute Gasteiger partial charge is 0.177 e. The SMILES string of the molecule is CC(CC1COC(/C=C/C=C/c2ccc(C#N)cc2F)OC1)[C@](O)(Cn1cncn1)c1ccc(F)cc1F. The van der Waals surface area contributed by atoms with Gasteiger partial charge in [0.25, 0.3) is 0 Å². The molecule has 2 atom stereocenters. The number of allylic oxidation sites excluding steroid dienone is 2. The standard InChI is InChI=1S/C28H27F3N4O3/c1-19(28(36,16-35-18-33-17-34-35)24-9-8-23(29)12-26(24)31)10-21-14-37-27(38-15-21)5-3-2-4-22-7-6-20(13-32)11-25(22)30/h2-9,11-12,17-19,21,27,36H,10,14-16H2,1H3/b4-2+,5-3+/t19?,21?,27?,28-/m1/s1.